The van der Waals surface area contributed by atoms with E-state index in [1.54, 1.807) is 6.33 Å². The Balaban J connectivity index is 1.77. The van der Waals surface area contributed by atoms with Gasteiger partial charge in [0, 0.05) is 30.7 Å². The predicted octanol–water partition coefficient (Wildman–Crippen LogP) is 0.938. The van der Waals surface area contributed by atoms with Gasteiger partial charge in [0.2, 0.25) is 5.13 Å². The Morgan fingerprint density at radius 1 is 1.60 bits per heavy atom. The number of nitriles is 1. The first-order valence-corrected chi connectivity index (χ1v) is 5.78. The average Bonchev–Trinajstić information content (AvgIpc) is 2.74. The molecule has 1 aliphatic rings. The molecule has 0 bridgehead atoms. The van der Waals surface area contributed by atoms with Crippen molar-refractivity contribution in [3.63, 3.8) is 0 Å². The summed E-state index contributed by atoms with van der Waals surface area (Å²) in [6.45, 7) is 2.53. The van der Waals surface area contributed by atoms with Crippen LogP contribution in [0.3, 0.4) is 0 Å². The predicted molar refractivity (Wildman–Crippen MR) is 58.6 cm³/mol. The van der Waals surface area contributed by atoms with Gasteiger partial charge in [-0.3, -0.25) is 4.90 Å². The molecule has 0 spiro atoms. The molecule has 1 aliphatic heterocycles. The lowest BCUT2D eigenvalue weighted by atomic mass is 10.1. The molecule has 15 heavy (non-hydrogen) atoms. The van der Waals surface area contributed by atoms with Crippen molar-refractivity contribution in [3.8, 4) is 6.07 Å². The molecule has 0 radical (unpaired) electrons. The van der Waals surface area contributed by atoms with E-state index in [9.17, 15) is 0 Å². The summed E-state index contributed by atoms with van der Waals surface area (Å²) in [5.41, 5.74) is 0. The summed E-state index contributed by atoms with van der Waals surface area (Å²) < 4.78 is 3.95. The number of aromatic nitrogens is 2. The van der Waals surface area contributed by atoms with E-state index in [1.807, 2.05) is 0 Å². The van der Waals surface area contributed by atoms with Gasteiger partial charge in [-0.05, 0) is 12.8 Å². The third kappa shape index (κ3) is 2.88. The van der Waals surface area contributed by atoms with Crippen molar-refractivity contribution in [2.24, 2.45) is 0 Å². The van der Waals surface area contributed by atoms with E-state index in [1.165, 1.54) is 11.5 Å². The largest absolute Gasteiger partial charge is 0.357 e. The molecule has 0 amide bonds. The van der Waals surface area contributed by atoms with Crippen LogP contribution in [0.4, 0.5) is 5.13 Å². The van der Waals surface area contributed by atoms with Gasteiger partial charge in [0.15, 0.2) is 0 Å². The van der Waals surface area contributed by atoms with E-state index < -0.39 is 0 Å². The Morgan fingerprint density at radius 2 is 2.40 bits per heavy atom. The third-order valence-corrected chi connectivity index (χ3v) is 3.17. The first kappa shape index (κ1) is 10.3. The molecule has 0 saturated carbocycles. The minimum atomic E-state index is 0.480. The van der Waals surface area contributed by atoms with Crippen LogP contribution in [0.25, 0.3) is 0 Å². The van der Waals surface area contributed by atoms with Gasteiger partial charge >= 0.3 is 0 Å². The van der Waals surface area contributed by atoms with Crippen molar-refractivity contribution >= 4 is 16.7 Å². The van der Waals surface area contributed by atoms with Crippen LogP contribution in [0.15, 0.2) is 6.33 Å². The molecule has 1 fully saturated rings. The fourth-order valence-electron chi connectivity index (χ4n) is 1.75. The molecule has 6 heteroatoms. The summed E-state index contributed by atoms with van der Waals surface area (Å²) >= 11 is 1.39. The van der Waals surface area contributed by atoms with Gasteiger partial charge in [-0.2, -0.15) is 9.64 Å². The molecule has 80 valence electrons. The quantitative estimate of drug-likeness (QED) is 0.772. The van der Waals surface area contributed by atoms with Gasteiger partial charge in [0.05, 0.1) is 12.6 Å². The summed E-state index contributed by atoms with van der Waals surface area (Å²) in [5.74, 6) is 0. The second-order valence-corrected chi connectivity index (χ2v) is 4.38. The van der Waals surface area contributed by atoms with Crippen LogP contribution in [0.2, 0.25) is 0 Å². The highest BCUT2D eigenvalue weighted by Crippen LogP contribution is 2.16. The molecule has 2 heterocycles. The molecule has 2 rings (SSSR count). The number of rotatable bonds is 3. The van der Waals surface area contributed by atoms with E-state index in [0.717, 1.165) is 31.1 Å². The summed E-state index contributed by atoms with van der Waals surface area (Å²) in [6.07, 6.45) is 3.71. The van der Waals surface area contributed by atoms with Crippen molar-refractivity contribution in [2.75, 3.05) is 25.0 Å². The zero-order valence-electron chi connectivity index (χ0n) is 8.39. The molecular formula is C9H13N5S. The summed E-state index contributed by atoms with van der Waals surface area (Å²) in [7, 11) is 0. The Kier molecular flexibility index (Phi) is 3.48. The van der Waals surface area contributed by atoms with Crippen LogP contribution in [-0.4, -0.2) is 39.9 Å². The molecule has 1 aromatic rings. The number of anilines is 1. The average molecular weight is 223 g/mol. The van der Waals surface area contributed by atoms with Crippen LogP contribution in [0.5, 0.6) is 0 Å². The summed E-state index contributed by atoms with van der Waals surface area (Å²) in [5, 5.41) is 12.8. The standard InChI is InChI=1S/C9H13N5S/c10-3-6-14-4-1-8(2-5-14)13-9-11-7-12-15-9/h7-8H,1-2,4-6H2,(H,11,12,13). The molecule has 1 saturated heterocycles. The van der Waals surface area contributed by atoms with Crippen LogP contribution in [0.1, 0.15) is 12.8 Å². The second-order valence-electron chi connectivity index (χ2n) is 3.60. The van der Waals surface area contributed by atoms with Crippen LogP contribution in [-0.2, 0) is 0 Å². The highest BCUT2D eigenvalue weighted by atomic mass is 32.1. The molecule has 0 unspecified atom stereocenters. The normalized spacial score (nSPS) is 18.6. The van der Waals surface area contributed by atoms with Crippen molar-refractivity contribution in [1.82, 2.24) is 14.3 Å². The van der Waals surface area contributed by atoms with Gasteiger partial charge < -0.3 is 5.32 Å². The van der Waals surface area contributed by atoms with E-state index in [-0.39, 0.29) is 0 Å². The van der Waals surface area contributed by atoms with Gasteiger partial charge in [-0.15, -0.1) is 0 Å². The number of nitrogens with one attached hydrogen (secondary N) is 1. The maximum absolute atomic E-state index is 8.57. The van der Waals surface area contributed by atoms with E-state index in [4.69, 9.17) is 5.26 Å². The van der Waals surface area contributed by atoms with Gasteiger partial charge in [-0.25, -0.2) is 4.98 Å². The highest BCUT2D eigenvalue weighted by molar-refractivity contribution is 7.09. The van der Waals surface area contributed by atoms with Crippen LogP contribution >= 0.6 is 11.5 Å². The third-order valence-electron chi connectivity index (χ3n) is 2.57. The first-order valence-electron chi connectivity index (χ1n) is 5.01. The number of hydrogen-bond acceptors (Lipinski definition) is 6. The lowest BCUT2D eigenvalue weighted by molar-refractivity contribution is 0.242. The molecule has 1 aromatic heterocycles. The number of nitrogens with zero attached hydrogens (tertiary/aromatic N) is 4. The Bertz CT molecular complexity index is 323. The van der Waals surface area contributed by atoms with Crippen molar-refractivity contribution in [3.05, 3.63) is 6.33 Å². The lowest BCUT2D eigenvalue weighted by Crippen LogP contribution is -2.39. The van der Waals surface area contributed by atoms with E-state index in [2.05, 4.69) is 25.6 Å². The minimum Gasteiger partial charge on any atom is -0.357 e. The van der Waals surface area contributed by atoms with Gasteiger partial charge in [0.1, 0.15) is 6.33 Å². The maximum Gasteiger partial charge on any atom is 0.202 e. The molecule has 0 aliphatic carbocycles. The van der Waals surface area contributed by atoms with Crippen molar-refractivity contribution < 1.29 is 0 Å². The van der Waals surface area contributed by atoms with Crippen molar-refractivity contribution in [1.29, 1.82) is 5.26 Å². The zero-order chi connectivity index (χ0) is 10.5. The zero-order valence-corrected chi connectivity index (χ0v) is 9.20. The van der Waals surface area contributed by atoms with E-state index >= 15 is 0 Å². The van der Waals surface area contributed by atoms with Gasteiger partial charge in [-0.1, -0.05) is 0 Å². The first-order chi connectivity index (χ1) is 7.38. The molecule has 0 atom stereocenters. The number of likely N-dealkylation sites (tertiary alicyclic amines) is 1. The molecule has 0 aromatic carbocycles. The summed E-state index contributed by atoms with van der Waals surface area (Å²) in [6, 6.07) is 2.66. The molecule has 5 nitrogen and oxygen atoms in total. The summed E-state index contributed by atoms with van der Waals surface area (Å²) in [4.78, 5) is 6.27. The van der Waals surface area contributed by atoms with E-state index in [0.29, 0.717) is 12.6 Å². The Morgan fingerprint density at radius 3 is 3.00 bits per heavy atom. The fourth-order valence-corrected chi connectivity index (χ4v) is 2.25. The fraction of sp³-hybridized carbons (Fsp3) is 0.667. The minimum absolute atomic E-state index is 0.480. The Hall–Kier alpha value is -1.19. The number of piperidine rings is 1. The monoisotopic (exact) mass is 223 g/mol. The topological polar surface area (TPSA) is 64.8 Å². The van der Waals surface area contributed by atoms with Crippen molar-refractivity contribution in [2.45, 2.75) is 18.9 Å². The maximum atomic E-state index is 8.57. The second kappa shape index (κ2) is 5.05. The highest BCUT2D eigenvalue weighted by Gasteiger charge is 2.19. The number of hydrogen-bond donors (Lipinski definition) is 1. The molecule has 1 N–H and O–H groups in total. The van der Waals surface area contributed by atoms with Crippen LogP contribution in [0, 0.1) is 11.3 Å². The molecular weight excluding hydrogens is 210 g/mol. The van der Waals surface area contributed by atoms with Gasteiger partial charge in [0.25, 0.3) is 0 Å². The smallest absolute Gasteiger partial charge is 0.202 e. The SMILES string of the molecule is N#CCN1CCC(Nc2ncns2)CC1. The Labute approximate surface area is 92.9 Å². The lowest BCUT2D eigenvalue weighted by Gasteiger charge is -2.30. The van der Waals surface area contributed by atoms with Crippen LogP contribution < -0.4 is 5.32 Å².